The molecule has 2 aromatic rings. The first kappa shape index (κ1) is 12.6. The lowest BCUT2D eigenvalue weighted by atomic mass is 10.00. The van der Waals surface area contributed by atoms with E-state index in [1.807, 2.05) is 12.1 Å². The molecule has 19 heavy (non-hydrogen) atoms. The van der Waals surface area contributed by atoms with E-state index in [0.717, 1.165) is 11.1 Å². The third-order valence-electron chi connectivity index (χ3n) is 3.29. The Balaban J connectivity index is 1.96. The summed E-state index contributed by atoms with van der Waals surface area (Å²) in [7, 11) is 0. The van der Waals surface area contributed by atoms with Crippen LogP contribution in [0.3, 0.4) is 0 Å². The highest BCUT2D eigenvalue weighted by Crippen LogP contribution is 2.29. The van der Waals surface area contributed by atoms with Gasteiger partial charge in [-0.3, -0.25) is 4.98 Å². The molecule has 0 radical (unpaired) electrons. The fourth-order valence-electron chi connectivity index (χ4n) is 2.11. The average molecular weight is 277 g/mol. The number of pyridine rings is 1. The molecule has 1 aliphatic rings. The van der Waals surface area contributed by atoms with E-state index < -0.39 is 0 Å². The van der Waals surface area contributed by atoms with Crippen molar-refractivity contribution in [2.24, 2.45) is 0 Å². The van der Waals surface area contributed by atoms with Gasteiger partial charge >= 0.3 is 0 Å². The molecule has 0 unspecified atom stereocenters. The van der Waals surface area contributed by atoms with Gasteiger partial charge in [-0.25, -0.2) is 4.39 Å². The molecule has 0 bridgehead atoms. The van der Waals surface area contributed by atoms with Gasteiger partial charge in [-0.15, -0.1) is 0 Å². The maximum Gasteiger partial charge on any atom is 0.149 e. The fourth-order valence-corrected chi connectivity index (χ4v) is 2.30. The van der Waals surface area contributed by atoms with E-state index in [4.69, 9.17) is 11.6 Å². The van der Waals surface area contributed by atoms with Crippen molar-refractivity contribution in [2.75, 3.05) is 0 Å². The van der Waals surface area contributed by atoms with Crippen molar-refractivity contribution in [3.63, 3.8) is 0 Å². The van der Waals surface area contributed by atoms with Crippen molar-refractivity contribution in [3.8, 4) is 11.1 Å². The second kappa shape index (κ2) is 5.27. The normalized spacial score (nSPS) is 14.6. The van der Waals surface area contributed by atoms with Gasteiger partial charge in [0.15, 0.2) is 0 Å². The number of nitrogens with zero attached hydrogens (tertiary/aromatic N) is 1. The van der Waals surface area contributed by atoms with Crippen molar-refractivity contribution in [1.29, 1.82) is 0 Å². The third kappa shape index (κ3) is 2.94. The summed E-state index contributed by atoms with van der Waals surface area (Å²) in [6.07, 6.45) is 5.28. The third-order valence-corrected chi connectivity index (χ3v) is 3.52. The number of aromatic nitrogens is 1. The molecule has 0 atom stereocenters. The molecule has 1 fully saturated rings. The first-order chi connectivity index (χ1) is 9.24. The molecule has 1 saturated carbocycles. The Bertz CT molecular complexity index is 596. The van der Waals surface area contributed by atoms with E-state index >= 15 is 0 Å². The van der Waals surface area contributed by atoms with Crippen LogP contribution in [0.5, 0.6) is 0 Å². The zero-order valence-electron chi connectivity index (χ0n) is 10.4. The summed E-state index contributed by atoms with van der Waals surface area (Å²) >= 11 is 6.04. The number of benzene rings is 1. The van der Waals surface area contributed by atoms with Crippen LogP contribution in [0.4, 0.5) is 4.39 Å². The van der Waals surface area contributed by atoms with E-state index in [2.05, 4.69) is 10.3 Å². The van der Waals surface area contributed by atoms with E-state index in [9.17, 15) is 4.39 Å². The van der Waals surface area contributed by atoms with Gasteiger partial charge in [-0.1, -0.05) is 17.7 Å². The zero-order chi connectivity index (χ0) is 13.2. The van der Waals surface area contributed by atoms with Crippen LogP contribution < -0.4 is 5.32 Å². The Morgan fingerprint density at radius 2 is 2.11 bits per heavy atom. The number of nitrogens with one attached hydrogen (secondary N) is 1. The Hall–Kier alpha value is -1.45. The van der Waals surface area contributed by atoms with Gasteiger partial charge in [-0.05, 0) is 42.2 Å². The quantitative estimate of drug-likeness (QED) is 0.919. The summed E-state index contributed by atoms with van der Waals surface area (Å²) in [6.45, 7) is 0.711. The van der Waals surface area contributed by atoms with E-state index in [-0.39, 0.29) is 5.82 Å². The molecule has 1 aromatic carbocycles. The molecule has 2 nitrogen and oxygen atoms in total. The first-order valence-corrected chi connectivity index (χ1v) is 6.73. The largest absolute Gasteiger partial charge is 0.310 e. The summed E-state index contributed by atoms with van der Waals surface area (Å²) < 4.78 is 13.9. The van der Waals surface area contributed by atoms with Crippen LogP contribution in [-0.2, 0) is 6.54 Å². The standard InChI is InChI=1S/C15H14ClFN2/c16-11-1-4-13(14-5-6-18-9-15(14)17)10(7-11)8-19-12-2-3-12/h1,4-7,9,12,19H,2-3,8H2. The minimum Gasteiger partial charge on any atom is -0.310 e. The molecule has 0 saturated heterocycles. The van der Waals surface area contributed by atoms with Crippen molar-refractivity contribution in [1.82, 2.24) is 10.3 Å². The molecule has 1 aliphatic carbocycles. The number of hydrogen-bond acceptors (Lipinski definition) is 2. The van der Waals surface area contributed by atoms with Crippen LogP contribution >= 0.6 is 11.6 Å². The SMILES string of the molecule is Fc1cnccc1-c1ccc(Cl)cc1CNC1CC1. The molecule has 0 amide bonds. The molecular formula is C15H14ClFN2. The van der Waals surface area contributed by atoms with Crippen LogP contribution in [0.15, 0.2) is 36.7 Å². The fraction of sp³-hybridized carbons (Fsp3) is 0.267. The Labute approximate surface area is 116 Å². The molecule has 0 aliphatic heterocycles. The summed E-state index contributed by atoms with van der Waals surface area (Å²) in [5.41, 5.74) is 2.46. The van der Waals surface area contributed by atoms with Crippen LogP contribution in [0.25, 0.3) is 11.1 Å². The molecule has 1 aromatic heterocycles. The van der Waals surface area contributed by atoms with Crippen molar-refractivity contribution in [2.45, 2.75) is 25.4 Å². The molecule has 1 N–H and O–H groups in total. The van der Waals surface area contributed by atoms with E-state index in [1.54, 1.807) is 18.3 Å². The highest BCUT2D eigenvalue weighted by atomic mass is 35.5. The first-order valence-electron chi connectivity index (χ1n) is 6.36. The van der Waals surface area contributed by atoms with E-state index in [0.29, 0.717) is 23.2 Å². The van der Waals surface area contributed by atoms with Crippen LogP contribution in [-0.4, -0.2) is 11.0 Å². The summed E-state index contributed by atoms with van der Waals surface area (Å²) in [6, 6.07) is 7.85. The predicted octanol–water partition coefficient (Wildman–Crippen LogP) is 3.79. The number of rotatable bonds is 4. The van der Waals surface area contributed by atoms with Crippen molar-refractivity contribution in [3.05, 3.63) is 53.1 Å². The van der Waals surface area contributed by atoms with Gasteiger partial charge in [0.1, 0.15) is 5.82 Å². The highest BCUT2D eigenvalue weighted by Gasteiger charge is 2.21. The highest BCUT2D eigenvalue weighted by molar-refractivity contribution is 6.30. The van der Waals surface area contributed by atoms with Crippen LogP contribution in [0.2, 0.25) is 5.02 Å². The lowest BCUT2D eigenvalue weighted by molar-refractivity contribution is 0.624. The Kier molecular flexibility index (Phi) is 3.49. The van der Waals surface area contributed by atoms with Crippen LogP contribution in [0.1, 0.15) is 18.4 Å². The maximum absolute atomic E-state index is 13.9. The Morgan fingerprint density at radius 1 is 1.26 bits per heavy atom. The van der Waals surface area contributed by atoms with E-state index in [1.165, 1.54) is 19.0 Å². The number of hydrogen-bond donors (Lipinski definition) is 1. The molecule has 98 valence electrons. The molecule has 1 heterocycles. The van der Waals surface area contributed by atoms with Gasteiger partial charge in [-0.2, -0.15) is 0 Å². The minimum absolute atomic E-state index is 0.308. The molecule has 3 rings (SSSR count). The zero-order valence-corrected chi connectivity index (χ0v) is 11.1. The second-order valence-corrected chi connectivity index (χ2v) is 5.25. The monoisotopic (exact) mass is 276 g/mol. The van der Waals surface area contributed by atoms with Gasteiger partial charge in [0.05, 0.1) is 6.20 Å². The summed E-state index contributed by atoms with van der Waals surface area (Å²) in [5.74, 6) is -0.308. The lowest BCUT2D eigenvalue weighted by Crippen LogP contribution is -2.16. The molecule has 4 heteroatoms. The summed E-state index contributed by atoms with van der Waals surface area (Å²) in [5, 5.41) is 4.11. The minimum atomic E-state index is -0.308. The maximum atomic E-state index is 13.9. The summed E-state index contributed by atoms with van der Waals surface area (Å²) in [4.78, 5) is 3.79. The van der Waals surface area contributed by atoms with Gasteiger partial charge < -0.3 is 5.32 Å². The van der Waals surface area contributed by atoms with Crippen molar-refractivity contribution >= 4 is 11.6 Å². The van der Waals surface area contributed by atoms with Crippen molar-refractivity contribution < 1.29 is 4.39 Å². The van der Waals surface area contributed by atoms with Gasteiger partial charge in [0, 0.05) is 29.4 Å². The van der Waals surface area contributed by atoms with Gasteiger partial charge in [0.2, 0.25) is 0 Å². The molecule has 0 spiro atoms. The second-order valence-electron chi connectivity index (χ2n) is 4.81. The predicted molar refractivity (Wildman–Crippen MR) is 74.5 cm³/mol. The average Bonchev–Trinajstić information content (AvgIpc) is 3.22. The Morgan fingerprint density at radius 3 is 2.84 bits per heavy atom. The van der Waals surface area contributed by atoms with Crippen LogP contribution in [0, 0.1) is 5.82 Å². The number of halogens is 2. The molecular weight excluding hydrogens is 263 g/mol. The lowest BCUT2D eigenvalue weighted by Gasteiger charge is -2.11. The topological polar surface area (TPSA) is 24.9 Å². The van der Waals surface area contributed by atoms with Gasteiger partial charge in [0.25, 0.3) is 0 Å². The smallest absolute Gasteiger partial charge is 0.149 e.